The molecular weight excluding hydrogens is 585 g/mol. The first-order valence-corrected chi connectivity index (χ1v) is 16.4. The van der Waals surface area contributed by atoms with Crippen molar-refractivity contribution in [1.82, 2.24) is 0 Å². The number of fused-ring (bicyclic) bond motifs is 13. The lowest BCUT2D eigenvalue weighted by molar-refractivity contribution is 0.633. The minimum Gasteiger partial charge on any atom is -0.452 e. The molecule has 0 radical (unpaired) electrons. The zero-order valence-electron chi connectivity index (χ0n) is 25.8. The van der Waals surface area contributed by atoms with Crippen LogP contribution in [0.2, 0.25) is 0 Å². The van der Waals surface area contributed by atoms with E-state index < -0.39 is 0 Å². The molecule has 0 aliphatic carbocycles. The Bertz CT molecular complexity index is 2900. The topological polar surface area (TPSA) is 26.3 Å². The highest BCUT2D eigenvalue weighted by atomic mass is 16.4. The van der Waals surface area contributed by atoms with E-state index in [0.29, 0.717) is 0 Å². The maximum absolute atomic E-state index is 6.87. The number of rotatable bonds is 2. The van der Waals surface area contributed by atoms with Crippen molar-refractivity contribution in [2.24, 2.45) is 0 Å². The summed E-state index contributed by atoms with van der Waals surface area (Å²) in [6.07, 6.45) is 0. The second-order valence-corrected chi connectivity index (χ2v) is 12.8. The molecule has 222 valence electrons. The van der Waals surface area contributed by atoms with Gasteiger partial charge in [0.2, 0.25) is 0 Å². The van der Waals surface area contributed by atoms with Crippen LogP contribution in [0.1, 0.15) is 0 Å². The first-order valence-electron chi connectivity index (χ1n) is 16.4. The van der Waals surface area contributed by atoms with Gasteiger partial charge in [0.1, 0.15) is 11.2 Å². The van der Waals surface area contributed by atoms with Gasteiger partial charge in [0.15, 0.2) is 11.2 Å². The number of furan rings is 2. The normalized spacial score (nSPS) is 12.2. The summed E-state index contributed by atoms with van der Waals surface area (Å²) in [6.45, 7) is 0. The van der Waals surface area contributed by atoms with Crippen LogP contribution in [-0.2, 0) is 0 Å². The summed E-state index contributed by atoms with van der Waals surface area (Å²) in [5.74, 6) is 0. The van der Waals surface area contributed by atoms with Gasteiger partial charge in [0.25, 0.3) is 0 Å². The van der Waals surface area contributed by atoms with Crippen molar-refractivity contribution >= 4 is 87.0 Å². The van der Waals surface area contributed by atoms with Crippen molar-refractivity contribution < 1.29 is 8.83 Å². The number of hydrogen-bond acceptors (Lipinski definition) is 2. The lowest BCUT2D eigenvalue weighted by Gasteiger charge is -2.11. The molecule has 0 amide bonds. The maximum atomic E-state index is 6.87. The fourth-order valence-corrected chi connectivity index (χ4v) is 8.16. The average molecular weight is 611 g/mol. The van der Waals surface area contributed by atoms with Gasteiger partial charge in [-0.25, -0.2) is 0 Å². The monoisotopic (exact) mass is 610 g/mol. The van der Waals surface area contributed by atoms with Crippen LogP contribution in [0.5, 0.6) is 0 Å². The Morgan fingerprint density at radius 3 is 1.10 bits per heavy atom. The predicted octanol–water partition coefficient (Wildman–Crippen LogP) is 13.4. The second-order valence-electron chi connectivity index (χ2n) is 12.8. The quantitative estimate of drug-likeness (QED) is 0.195. The molecule has 0 N–H and O–H groups in total. The van der Waals surface area contributed by atoms with Crippen molar-refractivity contribution in [3.05, 3.63) is 158 Å². The molecule has 0 bridgehead atoms. The molecule has 11 rings (SSSR count). The molecule has 2 heterocycles. The van der Waals surface area contributed by atoms with E-state index in [1.54, 1.807) is 0 Å². The van der Waals surface area contributed by atoms with Crippen molar-refractivity contribution in [3.63, 3.8) is 0 Å². The van der Waals surface area contributed by atoms with Gasteiger partial charge >= 0.3 is 0 Å². The second kappa shape index (κ2) is 9.57. The molecule has 0 aliphatic rings. The van der Waals surface area contributed by atoms with Gasteiger partial charge < -0.3 is 8.83 Å². The Morgan fingerprint density at radius 2 is 0.646 bits per heavy atom. The van der Waals surface area contributed by atoms with Crippen LogP contribution in [-0.4, -0.2) is 0 Å². The van der Waals surface area contributed by atoms with E-state index in [4.69, 9.17) is 8.83 Å². The summed E-state index contributed by atoms with van der Waals surface area (Å²) < 4.78 is 13.7. The van der Waals surface area contributed by atoms with E-state index in [9.17, 15) is 0 Å². The SMILES string of the molecule is c1ccc2c(-c3cc4oc5c(ccc6c5oc5cc(-c7cccc8ccccc78)c7ccccc7c56)c4c4ccccc34)cccc2c1. The molecule has 0 atom stereocenters. The third-order valence-corrected chi connectivity index (χ3v) is 10.3. The zero-order valence-corrected chi connectivity index (χ0v) is 25.8. The maximum Gasteiger partial charge on any atom is 0.178 e. The fourth-order valence-electron chi connectivity index (χ4n) is 8.16. The van der Waals surface area contributed by atoms with Crippen LogP contribution in [0.25, 0.3) is 109 Å². The van der Waals surface area contributed by atoms with Crippen LogP contribution < -0.4 is 0 Å². The summed E-state index contributed by atoms with van der Waals surface area (Å²) in [5, 5.41) is 14.0. The van der Waals surface area contributed by atoms with Crippen molar-refractivity contribution in [2.75, 3.05) is 0 Å². The standard InChI is InChI=1S/C46H26O2/c1-3-15-29-27(11-1)13-9-21-31(29)39-25-41-43(35-19-7-5-17-33(35)39)37-23-24-38-44-36-20-8-6-18-34(36)40(26-42(44)48-46(38)45(37)47-41)32-22-10-14-28-12-2-4-16-30(28)32/h1-26H. The van der Waals surface area contributed by atoms with Crippen LogP contribution in [0, 0.1) is 0 Å². The smallest absolute Gasteiger partial charge is 0.178 e. The van der Waals surface area contributed by atoms with Gasteiger partial charge in [-0.05, 0) is 89.6 Å². The van der Waals surface area contributed by atoms with E-state index in [0.717, 1.165) is 43.9 Å². The Kier molecular flexibility index (Phi) is 5.14. The van der Waals surface area contributed by atoms with E-state index in [-0.39, 0.29) is 0 Å². The van der Waals surface area contributed by atoms with Crippen LogP contribution in [0.15, 0.2) is 167 Å². The predicted molar refractivity (Wildman–Crippen MR) is 202 cm³/mol. The van der Waals surface area contributed by atoms with E-state index in [1.165, 1.54) is 65.3 Å². The molecule has 0 saturated carbocycles. The molecule has 2 heteroatoms. The molecule has 0 saturated heterocycles. The number of benzene rings is 9. The first-order chi connectivity index (χ1) is 23.8. The molecule has 2 nitrogen and oxygen atoms in total. The lowest BCUT2D eigenvalue weighted by Crippen LogP contribution is -1.85. The molecule has 9 aromatic carbocycles. The fraction of sp³-hybridized carbons (Fsp3) is 0. The van der Waals surface area contributed by atoms with Gasteiger partial charge in [0.05, 0.1) is 0 Å². The highest BCUT2D eigenvalue weighted by Gasteiger charge is 2.22. The Hall–Kier alpha value is -6.38. The Morgan fingerprint density at radius 1 is 0.271 bits per heavy atom. The van der Waals surface area contributed by atoms with E-state index >= 15 is 0 Å². The largest absolute Gasteiger partial charge is 0.452 e. The Labute approximate surface area is 275 Å². The summed E-state index contributed by atoms with van der Waals surface area (Å²) in [4.78, 5) is 0. The first kappa shape index (κ1) is 25.8. The van der Waals surface area contributed by atoms with Gasteiger partial charge in [-0.3, -0.25) is 0 Å². The minimum atomic E-state index is 0.787. The third kappa shape index (κ3) is 3.46. The highest BCUT2D eigenvalue weighted by molar-refractivity contribution is 6.30. The molecule has 48 heavy (non-hydrogen) atoms. The van der Waals surface area contributed by atoms with Crippen molar-refractivity contribution in [3.8, 4) is 22.3 Å². The minimum absolute atomic E-state index is 0.787. The molecular formula is C46H26O2. The summed E-state index contributed by atoms with van der Waals surface area (Å²) in [6, 6.07) is 56.5. The molecule has 0 aliphatic heterocycles. The summed E-state index contributed by atoms with van der Waals surface area (Å²) in [7, 11) is 0. The summed E-state index contributed by atoms with van der Waals surface area (Å²) >= 11 is 0. The van der Waals surface area contributed by atoms with Crippen LogP contribution in [0.3, 0.4) is 0 Å². The van der Waals surface area contributed by atoms with Gasteiger partial charge in [-0.15, -0.1) is 0 Å². The van der Waals surface area contributed by atoms with Crippen LogP contribution in [0.4, 0.5) is 0 Å². The van der Waals surface area contributed by atoms with Crippen molar-refractivity contribution in [1.29, 1.82) is 0 Å². The molecule has 0 fully saturated rings. The van der Waals surface area contributed by atoms with Crippen LogP contribution >= 0.6 is 0 Å². The highest BCUT2D eigenvalue weighted by Crippen LogP contribution is 2.47. The summed E-state index contributed by atoms with van der Waals surface area (Å²) in [5.41, 5.74) is 8.04. The van der Waals surface area contributed by atoms with Gasteiger partial charge in [-0.1, -0.05) is 133 Å². The van der Waals surface area contributed by atoms with Gasteiger partial charge in [-0.2, -0.15) is 0 Å². The Balaban J connectivity index is 1.24. The van der Waals surface area contributed by atoms with Gasteiger partial charge in [0, 0.05) is 21.5 Å². The zero-order chi connectivity index (χ0) is 31.3. The third-order valence-electron chi connectivity index (χ3n) is 10.3. The molecule has 0 spiro atoms. The van der Waals surface area contributed by atoms with E-state index in [1.807, 2.05) is 0 Å². The molecule has 0 unspecified atom stereocenters. The van der Waals surface area contributed by atoms with Crippen molar-refractivity contribution in [2.45, 2.75) is 0 Å². The molecule has 11 aromatic rings. The molecule has 2 aromatic heterocycles. The number of hydrogen-bond donors (Lipinski definition) is 0. The lowest BCUT2D eigenvalue weighted by atomic mass is 9.91. The average Bonchev–Trinajstić information content (AvgIpc) is 3.72. The van der Waals surface area contributed by atoms with E-state index in [2.05, 4.69) is 158 Å².